The maximum Gasteiger partial charge on any atom is 0.339 e. The topological polar surface area (TPSA) is 70.1 Å². The van der Waals surface area contributed by atoms with Crippen molar-refractivity contribution in [2.45, 2.75) is 6.10 Å². The molecule has 1 aliphatic rings. The number of carboxylic acid groups (broad SMARTS) is 1. The Balaban J connectivity index is 2.36. The first-order chi connectivity index (χ1) is 6.18. The molecular formula is C9H8O4. The van der Waals surface area contributed by atoms with E-state index in [1.165, 1.54) is 12.1 Å². The summed E-state index contributed by atoms with van der Waals surface area (Å²) in [7, 11) is 0. The molecule has 13 heavy (non-hydrogen) atoms. The Morgan fingerprint density at radius 3 is 2.69 bits per heavy atom. The maximum atomic E-state index is 10.5. The predicted molar refractivity (Wildman–Crippen MR) is 43.8 cm³/mol. The molecule has 1 heterocycles. The van der Waals surface area contributed by atoms with Gasteiger partial charge in [-0.25, -0.2) is 4.79 Å². The van der Waals surface area contributed by atoms with Crippen molar-refractivity contribution in [2.24, 2.45) is 0 Å². The normalized spacial score (nSPS) is 19.8. The van der Waals surface area contributed by atoms with Gasteiger partial charge >= 0.3 is 5.97 Å². The van der Waals surface area contributed by atoms with Gasteiger partial charge in [-0.3, -0.25) is 0 Å². The number of hydrogen-bond acceptors (Lipinski definition) is 3. The highest BCUT2D eigenvalue weighted by atomic mass is 16.6. The van der Waals surface area contributed by atoms with Crippen LogP contribution in [0.1, 0.15) is 22.0 Å². The first-order valence-corrected chi connectivity index (χ1v) is 3.86. The van der Waals surface area contributed by atoms with Crippen molar-refractivity contribution in [1.82, 2.24) is 0 Å². The molecule has 4 heteroatoms. The number of hydrogen-bond donors (Lipinski definition) is 2. The third kappa shape index (κ3) is 1.48. The molecule has 0 aliphatic carbocycles. The van der Waals surface area contributed by atoms with Gasteiger partial charge in [0.05, 0.1) is 6.61 Å². The lowest BCUT2D eigenvalue weighted by Crippen LogP contribution is -1.97. The fraction of sp³-hybridized carbons (Fsp3) is 0.222. The highest BCUT2D eigenvalue weighted by Crippen LogP contribution is 2.32. The van der Waals surface area contributed by atoms with Crippen molar-refractivity contribution in [1.29, 1.82) is 0 Å². The average Bonchev–Trinajstić information content (AvgIpc) is 2.85. The quantitative estimate of drug-likeness (QED) is 0.670. The van der Waals surface area contributed by atoms with Crippen molar-refractivity contribution >= 4 is 5.97 Å². The third-order valence-corrected chi connectivity index (χ3v) is 1.96. The maximum absolute atomic E-state index is 10.5. The molecule has 1 aliphatic heterocycles. The molecule has 0 radical (unpaired) electrons. The number of aromatic hydroxyl groups is 1. The zero-order valence-corrected chi connectivity index (χ0v) is 6.73. The summed E-state index contributed by atoms with van der Waals surface area (Å²) in [6.07, 6.45) is 0.0359. The van der Waals surface area contributed by atoms with Crippen molar-refractivity contribution < 1.29 is 19.7 Å². The number of aromatic carboxylic acids is 1. The Hall–Kier alpha value is -1.55. The molecular weight excluding hydrogens is 172 g/mol. The minimum absolute atomic E-state index is 0.0359. The summed E-state index contributed by atoms with van der Waals surface area (Å²) in [5.74, 6) is -1.33. The SMILES string of the molecule is O=C(O)c1ccc(C2CO2)cc1O. The molecule has 0 amide bonds. The van der Waals surface area contributed by atoms with E-state index < -0.39 is 5.97 Å². The van der Waals surface area contributed by atoms with Gasteiger partial charge in [0.2, 0.25) is 0 Å². The molecule has 0 saturated carbocycles. The largest absolute Gasteiger partial charge is 0.507 e. The Kier molecular flexibility index (Phi) is 1.70. The van der Waals surface area contributed by atoms with Gasteiger partial charge < -0.3 is 14.9 Å². The van der Waals surface area contributed by atoms with Crippen LogP contribution in [0.2, 0.25) is 0 Å². The molecule has 0 bridgehead atoms. The number of epoxide rings is 1. The molecule has 1 saturated heterocycles. The molecule has 2 rings (SSSR count). The molecule has 68 valence electrons. The van der Waals surface area contributed by atoms with E-state index in [1.54, 1.807) is 6.07 Å². The first kappa shape index (κ1) is 8.07. The van der Waals surface area contributed by atoms with Crippen LogP contribution in [0.3, 0.4) is 0 Å². The van der Waals surface area contributed by atoms with Crippen molar-refractivity contribution in [3.8, 4) is 5.75 Å². The van der Waals surface area contributed by atoms with E-state index in [0.29, 0.717) is 6.61 Å². The van der Waals surface area contributed by atoms with Crippen molar-refractivity contribution in [2.75, 3.05) is 6.61 Å². The lowest BCUT2D eigenvalue weighted by atomic mass is 10.1. The van der Waals surface area contributed by atoms with E-state index in [4.69, 9.17) is 9.84 Å². The van der Waals surface area contributed by atoms with Gasteiger partial charge in [-0.2, -0.15) is 0 Å². The number of carboxylic acids is 1. The second-order valence-electron chi connectivity index (χ2n) is 2.90. The van der Waals surface area contributed by atoms with Crippen LogP contribution < -0.4 is 0 Å². The Morgan fingerprint density at radius 2 is 2.23 bits per heavy atom. The molecule has 2 N–H and O–H groups in total. The summed E-state index contributed by atoms with van der Waals surface area (Å²) in [5, 5.41) is 17.9. The molecule has 4 nitrogen and oxygen atoms in total. The van der Waals surface area contributed by atoms with Gasteiger partial charge in [0, 0.05) is 0 Å². The van der Waals surface area contributed by atoms with E-state index in [2.05, 4.69) is 0 Å². The van der Waals surface area contributed by atoms with E-state index in [0.717, 1.165) is 5.56 Å². The number of rotatable bonds is 2. The van der Waals surface area contributed by atoms with Gasteiger partial charge in [0.1, 0.15) is 17.4 Å². The van der Waals surface area contributed by atoms with Crippen LogP contribution in [0.15, 0.2) is 18.2 Å². The van der Waals surface area contributed by atoms with Crippen molar-refractivity contribution in [3.05, 3.63) is 29.3 Å². The van der Waals surface area contributed by atoms with Crippen LogP contribution in [-0.2, 0) is 4.74 Å². The fourth-order valence-electron chi connectivity index (χ4n) is 1.17. The number of ether oxygens (including phenoxy) is 1. The van der Waals surface area contributed by atoms with E-state index in [9.17, 15) is 9.90 Å². The first-order valence-electron chi connectivity index (χ1n) is 3.86. The van der Waals surface area contributed by atoms with E-state index in [-0.39, 0.29) is 17.4 Å². The standard InChI is InChI=1S/C9H8O4/c10-7-3-5(8-4-13-8)1-2-6(7)9(11)12/h1-3,8,10H,4H2,(H,11,12). The zero-order valence-electron chi connectivity index (χ0n) is 6.73. The van der Waals surface area contributed by atoms with Crippen LogP contribution in [0.25, 0.3) is 0 Å². The van der Waals surface area contributed by atoms with Crippen molar-refractivity contribution in [3.63, 3.8) is 0 Å². The molecule has 1 aromatic rings. The molecule has 0 spiro atoms. The fourth-order valence-corrected chi connectivity index (χ4v) is 1.17. The second kappa shape index (κ2) is 2.74. The van der Waals surface area contributed by atoms with E-state index >= 15 is 0 Å². The Morgan fingerprint density at radius 1 is 1.54 bits per heavy atom. The number of phenols is 1. The molecule has 1 unspecified atom stereocenters. The molecule has 1 aromatic carbocycles. The predicted octanol–water partition coefficient (Wildman–Crippen LogP) is 1.16. The third-order valence-electron chi connectivity index (χ3n) is 1.96. The number of carbonyl (C=O) groups is 1. The van der Waals surface area contributed by atoms with Gasteiger partial charge in [-0.1, -0.05) is 6.07 Å². The van der Waals surface area contributed by atoms with Gasteiger partial charge in [0.25, 0.3) is 0 Å². The van der Waals surface area contributed by atoms with Gasteiger partial charge in [-0.15, -0.1) is 0 Å². The minimum atomic E-state index is -1.12. The lowest BCUT2D eigenvalue weighted by Gasteiger charge is -2.00. The monoisotopic (exact) mass is 180 g/mol. The minimum Gasteiger partial charge on any atom is -0.507 e. The summed E-state index contributed by atoms with van der Waals surface area (Å²) < 4.78 is 4.99. The average molecular weight is 180 g/mol. The summed E-state index contributed by atoms with van der Waals surface area (Å²) in [5.41, 5.74) is 0.743. The molecule has 0 aromatic heterocycles. The Bertz CT molecular complexity index is 355. The zero-order chi connectivity index (χ0) is 9.42. The second-order valence-corrected chi connectivity index (χ2v) is 2.90. The Labute approximate surface area is 74.4 Å². The summed E-state index contributed by atoms with van der Waals surface area (Å²) >= 11 is 0. The van der Waals surface area contributed by atoms with Gasteiger partial charge in [0.15, 0.2) is 0 Å². The smallest absolute Gasteiger partial charge is 0.339 e. The van der Waals surface area contributed by atoms with E-state index in [1.807, 2.05) is 0 Å². The van der Waals surface area contributed by atoms with Crippen LogP contribution in [-0.4, -0.2) is 22.8 Å². The number of benzene rings is 1. The summed E-state index contributed by atoms with van der Waals surface area (Å²) in [6.45, 7) is 0.645. The molecule has 1 fully saturated rings. The summed E-state index contributed by atoms with van der Waals surface area (Å²) in [6, 6.07) is 4.47. The molecule has 1 atom stereocenters. The van der Waals surface area contributed by atoms with Gasteiger partial charge in [-0.05, 0) is 17.7 Å². The van der Waals surface area contributed by atoms with Crippen LogP contribution in [0.4, 0.5) is 0 Å². The lowest BCUT2D eigenvalue weighted by molar-refractivity contribution is 0.0693. The highest BCUT2D eigenvalue weighted by molar-refractivity contribution is 5.90. The summed E-state index contributed by atoms with van der Waals surface area (Å²) in [4.78, 5) is 10.5. The van der Waals surface area contributed by atoms with Crippen LogP contribution >= 0.6 is 0 Å². The van der Waals surface area contributed by atoms with Crippen LogP contribution in [0, 0.1) is 0 Å². The highest BCUT2D eigenvalue weighted by Gasteiger charge is 2.25. The van der Waals surface area contributed by atoms with Crippen LogP contribution in [0.5, 0.6) is 5.75 Å².